The summed E-state index contributed by atoms with van der Waals surface area (Å²) in [5.74, 6) is 0.733. The largest absolute Gasteiger partial charge is 0.417 e. The number of aliphatic hydroxyl groups is 1. The summed E-state index contributed by atoms with van der Waals surface area (Å²) in [7, 11) is 0. The monoisotopic (exact) mass is 326 g/mol. The Labute approximate surface area is 131 Å². The van der Waals surface area contributed by atoms with E-state index in [4.69, 9.17) is 0 Å². The van der Waals surface area contributed by atoms with Crippen molar-refractivity contribution in [2.45, 2.75) is 31.2 Å². The molecule has 2 aromatic heterocycles. The normalized spacial score (nSPS) is 19.0. The van der Waals surface area contributed by atoms with Crippen LogP contribution in [0.3, 0.4) is 0 Å². The number of aromatic nitrogens is 3. The molecule has 0 aromatic carbocycles. The van der Waals surface area contributed by atoms with Crippen LogP contribution in [0.1, 0.15) is 18.4 Å². The van der Waals surface area contributed by atoms with E-state index in [1.807, 2.05) is 17.0 Å². The second-order valence-corrected chi connectivity index (χ2v) is 5.80. The highest BCUT2D eigenvalue weighted by Crippen LogP contribution is 2.38. The Morgan fingerprint density at radius 2 is 1.96 bits per heavy atom. The molecule has 5 nitrogen and oxygen atoms in total. The number of hydrogen-bond donors (Lipinski definition) is 1. The van der Waals surface area contributed by atoms with Crippen molar-refractivity contribution in [1.82, 2.24) is 19.4 Å². The van der Waals surface area contributed by atoms with Crippen molar-refractivity contribution in [1.29, 1.82) is 0 Å². The van der Waals surface area contributed by atoms with Gasteiger partial charge in [0.1, 0.15) is 12.1 Å². The highest BCUT2D eigenvalue weighted by molar-refractivity contribution is 5.25. The Hall–Kier alpha value is -1.93. The van der Waals surface area contributed by atoms with Gasteiger partial charge in [-0.3, -0.25) is 9.47 Å². The molecule has 124 valence electrons. The van der Waals surface area contributed by atoms with E-state index in [9.17, 15) is 18.3 Å². The molecule has 0 radical (unpaired) electrons. The zero-order valence-corrected chi connectivity index (χ0v) is 12.4. The second kappa shape index (κ2) is 5.93. The van der Waals surface area contributed by atoms with Crippen molar-refractivity contribution in [2.24, 2.45) is 0 Å². The smallest absolute Gasteiger partial charge is 0.380 e. The number of hydrogen-bond acceptors (Lipinski definition) is 4. The molecule has 8 heteroatoms. The first-order chi connectivity index (χ1) is 10.9. The van der Waals surface area contributed by atoms with E-state index >= 15 is 0 Å². The van der Waals surface area contributed by atoms with Gasteiger partial charge in [0.15, 0.2) is 5.60 Å². The van der Waals surface area contributed by atoms with Gasteiger partial charge < -0.3 is 5.11 Å². The lowest BCUT2D eigenvalue weighted by atomic mass is 9.90. The van der Waals surface area contributed by atoms with Crippen LogP contribution < -0.4 is 0 Å². The van der Waals surface area contributed by atoms with E-state index in [0.29, 0.717) is 6.54 Å². The van der Waals surface area contributed by atoms with Crippen molar-refractivity contribution in [2.75, 3.05) is 13.1 Å². The molecule has 0 unspecified atom stereocenters. The van der Waals surface area contributed by atoms with Gasteiger partial charge in [-0.1, -0.05) is 6.07 Å². The van der Waals surface area contributed by atoms with Gasteiger partial charge in [0, 0.05) is 38.2 Å². The molecular formula is C15H17F3N4O. The third-order valence-corrected chi connectivity index (χ3v) is 4.20. The molecule has 0 aliphatic carbocycles. The highest BCUT2D eigenvalue weighted by atomic mass is 19.4. The number of pyridine rings is 1. The molecule has 0 bridgehead atoms. The zero-order valence-electron chi connectivity index (χ0n) is 12.4. The molecule has 3 heterocycles. The highest BCUT2D eigenvalue weighted by Gasteiger charge is 2.54. The lowest BCUT2D eigenvalue weighted by Crippen LogP contribution is -2.53. The van der Waals surface area contributed by atoms with E-state index < -0.39 is 11.8 Å². The van der Waals surface area contributed by atoms with Crippen LogP contribution >= 0.6 is 0 Å². The molecule has 1 saturated heterocycles. The molecule has 0 spiro atoms. The Morgan fingerprint density at radius 1 is 1.22 bits per heavy atom. The third kappa shape index (κ3) is 3.37. The number of rotatable bonds is 3. The molecule has 0 amide bonds. The van der Waals surface area contributed by atoms with E-state index in [-0.39, 0.29) is 25.9 Å². The third-order valence-electron chi connectivity index (χ3n) is 4.20. The van der Waals surface area contributed by atoms with Crippen molar-refractivity contribution in [3.8, 4) is 5.82 Å². The summed E-state index contributed by atoms with van der Waals surface area (Å²) in [4.78, 5) is 10.2. The van der Waals surface area contributed by atoms with Gasteiger partial charge in [-0.05, 0) is 24.5 Å². The van der Waals surface area contributed by atoms with E-state index in [0.717, 1.165) is 11.4 Å². The SMILES string of the molecule is OC1(C(F)(F)F)CCN(Cc2ccc(-n3ccnc3)nc2)CC1. The standard InChI is InChI=1S/C15H17F3N4O/c16-15(17,18)14(23)3-6-21(7-4-14)10-12-1-2-13(20-9-12)22-8-5-19-11-22/h1-2,5,8-9,11,23H,3-4,6-7,10H2. The first kappa shape index (κ1) is 15.9. The maximum atomic E-state index is 12.8. The van der Waals surface area contributed by atoms with E-state index in [2.05, 4.69) is 9.97 Å². The van der Waals surface area contributed by atoms with Crippen LogP contribution in [-0.4, -0.2) is 49.4 Å². The predicted octanol–water partition coefficient (Wildman–Crippen LogP) is 2.16. The fourth-order valence-electron chi connectivity index (χ4n) is 2.68. The number of alkyl halides is 3. The van der Waals surface area contributed by atoms with Crippen molar-refractivity contribution >= 4 is 0 Å². The summed E-state index contributed by atoms with van der Waals surface area (Å²) in [6.45, 7) is 0.934. The van der Waals surface area contributed by atoms with Crippen LogP contribution in [0.15, 0.2) is 37.1 Å². The van der Waals surface area contributed by atoms with Gasteiger partial charge in [0.2, 0.25) is 0 Å². The molecule has 23 heavy (non-hydrogen) atoms. The maximum absolute atomic E-state index is 12.8. The molecule has 3 rings (SSSR count). The van der Waals surface area contributed by atoms with Crippen LogP contribution in [0.4, 0.5) is 13.2 Å². The topological polar surface area (TPSA) is 54.2 Å². The number of piperidine rings is 1. The second-order valence-electron chi connectivity index (χ2n) is 5.80. The maximum Gasteiger partial charge on any atom is 0.417 e. The number of imidazole rings is 1. The van der Waals surface area contributed by atoms with Gasteiger partial charge in [0.25, 0.3) is 0 Å². The van der Waals surface area contributed by atoms with E-state index in [1.54, 1.807) is 29.5 Å². The minimum absolute atomic E-state index is 0.208. The fraction of sp³-hybridized carbons (Fsp3) is 0.467. The zero-order chi connectivity index (χ0) is 16.5. The summed E-state index contributed by atoms with van der Waals surface area (Å²) in [5, 5.41) is 9.66. The van der Waals surface area contributed by atoms with E-state index in [1.165, 1.54) is 0 Å². The Kier molecular flexibility index (Phi) is 4.11. The van der Waals surface area contributed by atoms with Gasteiger partial charge in [0.05, 0.1) is 0 Å². The van der Waals surface area contributed by atoms with Gasteiger partial charge >= 0.3 is 6.18 Å². The summed E-state index contributed by atoms with van der Waals surface area (Å²) in [6.07, 6.45) is 1.64. The quantitative estimate of drug-likeness (QED) is 0.939. The first-order valence-electron chi connectivity index (χ1n) is 7.32. The Morgan fingerprint density at radius 3 is 2.48 bits per heavy atom. The first-order valence-corrected chi connectivity index (χ1v) is 7.32. The van der Waals surface area contributed by atoms with Crippen LogP contribution in [0.5, 0.6) is 0 Å². The summed E-state index contributed by atoms with van der Waals surface area (Å²) in [6, 6.07) is 3.74. The average molecular weight is 326 g/mol. The van der Waals surface area contributed by atoms with Gasteiger partial charge in [-0.2, -0.15) is 13.2 Å². The van der Waals surface area contributed by atoms with Crippen LogP contribution in [0.2, 0.25) is 0 Å². The van der Waals surface area contributed by atoms with Gasteiger partial charge in [-0.15, -0.1) is 0 Å². The number of halogens is 3. The number of nitrogens with zero attached hydrogens (tertiary/aromatic N) is 4. The molecule has 1 fully saturated rings. The van der Waals surface area contributed by atoms with Crippen molar-refractivity contribution < 1.29 is 18.3 Å². The summed E-state index contributed by atoms with van der Waals surface area (Å²) in [5.41, 5.74) is -1.63. The lowest BCUT2D eigenvalue weighted by molar-refractivity contribution is -0.272. The molecule has 1 aliphatic rings. The van der Waals surface area contributed by atoms with Crippen LogP contribution in [0, 0.1) is 0 Å². The fourth-order valence-corrected chi connectivity index (χ4v) is 2.68. The molecule has 0 saturated carbocycles. The van der Waals surface area contributed by atoms with Crippen molar-refractivity contribution in [3.05, 3.63) is 42.6 Å². The molecule has 2 aromatic rings. The Bertz CT molecular complexity index is 632. The minimum atomic E-state index is -4.56. The summed E-state index contributed by atoms with van der Waals surface area (Å²) >= 11 is 0. The molecule has 1 aliphatic heterocycles. The molecular weight excluding hydrogens is 309 g/mol. The Balaban J connectivity index is 1.59. The van der Waals surface area contributed by atoms with Crippen LogP contribution in [-0.2, 0) is 6.54 Å². The summed E-state index contributed by atoms with van der Waals surface area (Å²) < 4.78 is 40.1. The average Bonchev–Trinajstić information content (AvgIpc) is 3.04. The number of likely N-dealkylation sites (tertiary alicyclic amines) is 1. The minimum Gasteiger partial charge on any atom is -0.380 e. The van der Waals surface area contributed by atoms with Gasteiger partial charge in [-0.25, -0.2) is 9.97 Å². The van der Waals surface area contributed by atoms with Crippen LogP contribution in [0.25, 0.3) is 5.82 Å². The molecule has 1 N–H and O–H groups in total. The molecule has 0 atom stereocenters. The predicted molar refractivity (Wildman–Crippen MR) is 76.9 cm³/mol. The van der Waals surface area contributed by atoms with Crippen molar-refractivity contribution in [3.63, 3.8) is 0 Å². The lowest BCUT2D eigenvalue weighted by Gasteiger charge is -2.39.